The number of hydrogen-bond donors (Lipinski definition) is 0. The second-order valence-electron chi connectivity index (χ2n) is 6.59. The van der Waals surface area contributed by atoms with Crippen LogP contribution in [0, 0.1) is 0 Å². The lowest BCUT2D eigenvalue weighted by Crippen LogP contribution is -2.43. The van der Waals surface area contributed by atoms with Crippen molar-refractivity contribution in [3.05, 3.63) is 12.7 Å². The van der Waals surface area contributed by atoms with Gasteiger partial charge in [0, 0.05) is 26.9 Å². The second-order valence-corrected chi connectivity index (χ2v) is 9.57. The van der Waals surface area contributed by atoms with E-state index < -0.39 is 8.80 Å². The quantitative estimate of drug-likeness (QED) is 0.150. The summed E-state index contributed by atoms with van der Waals surface area (Å²) in [6.07, 6.45) is 19.4. The second kappa shape index (κ2) is 17.7. The molecule has 0 atom stereocenters. The molecule has 0 aliphatic heterocycles. The summed E-state index contributed by atoms with van der Waals surface area (Å²) in [6.45, 7) is 6.44. The maximum atomic E-state index is 5.73. The Bertz CT molecular complexity index is 268. The van der Waals surface area contributed by atoms with Gasteiger partial charge in [0.15, 0.2) is 0 Å². The summed E-state index contributed by atoms with van der Waals surface area (Å²) in [5.41, 5.74) is 0. The summed E-state index contributed by atoms with van der Waals surface area (Å²) in [5, 5.41) is 0. The summed E-state index contributed by atoms with van der Waals surface area (Å²) in [5.74, 6) is 0. The molecular weight excluding hydrogens is 316 g/mol. The van der Waals surface area contributed by atoms with Gasteiger partial charge in [-0.1, -0.05) is 70.3 Å². The Morgan fingerprint density at radius 1 is 0.708 bits per heavy atom. The minimum absolute atomic E-state index is 0.669. The first kappa shape index (κ1) is 23.8. The summed E-state index contributed by atoms with van der Waals surface area (Å²) >= 11 is 0. The Morgan fingerprint density at radius 3 is 1.50 bits per heavy atom. The lowest BCUT2D eigenvalue weighted by molar-refractivity contribution is 0.103. The van der Waals surface area contributed by atoms with Gasteiger partial charge in [0.25, 0.3) is 0 Å². The van der Waals surface area contributed by atoms with Gasteiger partial charge >= 0.3 is 8.80 Å². The predicted molar refractivity (Wildman–Crippen MR) is 106 cm³/mol. The Hall–Kier alpha value is -0.163. The monoisotopic (exact) mass is 358 g/mol. The smallest absolute Gasteiger partial charge is 0.377 e. The van der Waals surface area contributed by atoms with Gasteiger partial charge in [0.05, 0.1) is 0 Å². The van der Waals surface area contributed by atoms with Crippen molar-refractivity contribution in [1.29, 1.82) is 0 Å². The zero-order valence-corrected chi connectivity index (χ0v) is 17.6. The third-order valence-electron chi connectivity index (χ3n) is 4.63. The van der Waals surface area contributed by atoms with Crippen LogP contribution in [0.25, 0.3) is 0 Å². The topological polar surface area (TPSA) is 27.7 Å². The average molecular weight is 359 g/mol. The van der Waals surface area contributed by atoms with E-state index in [1.807, 2.05) is 13.0 Å². The molecule has 3 nitrogen and oxygen atoms in total. The highest BCUT2D eigenvalue weighted by molar-refractivity contribution is 6.60. The van der Waals surface area contributed by atoms with Gasteiger partial charge in [0.1, 0.15) is 0 Å². The number of hydrogen-bond acceptors (Lipinski definition) is 3. The molecule has 0 heterocycles. The predicted octanol–water partition coefficient (Wildman–Crippen LogP) is 6.51. The molecule has 0 aliphatic rings. The summed E-state index contributed by atoms with van der Waals surface area (Å²) in [7, 11) is 1.07. The fraction of sp³-hybridized carbons (Fsp3) is 0.900. The molecule has 0 aromatic carbocycles. The van der Waals surface area contributed by atoms with Gasteiger partial charge in [-0.2, -0.15) is 0 Å². The fourth-order valence-corrected chi connectivity index (χ4v) is 5.17. The minimum atomic E-state index is -2.35. The zero-order chi connectivity index (χ0) is 17.9. The van der Waals surface area contributed by atoms with E-state index in [4.69, 9.17) is 13.3 Å². The Balaban J connectivity index is 3.34. The van der Waals surface area contributed by atoms with Crippen LogP contribution in [-0.2, 0) is 13.3 Å². The van der Waals surface area contributed by atoms with Crippen LogP contribution in [0.3, 0.4) is 0 Å². The van der Waals surface area contributed by atoms with E-state index in [2.05, 4.69) is 6.58 Å². The molecule has 4 heteroatoms. The van der Waals surface area contributed by atoms with Crippen LogP contribution >= 0.6 is 0 Å². The van der Waals surface area contributed by atoms with Crippen molar-refractivity contribution in [2.45, 2.75) is 96.4 Å². The first-order valence-corrected chi connectivity index (χ1v) is 12.0. The normalized spacial score (nSPS) is 11.8. The highest BCUT2D eigenvalue weighted by Crippen LogP contribution is 2.19. The Labute approximate surface area is 152 Å². The summed E-state index contributed by atoms with van der Waals surface area (Å²) in [4.78, 5) is 0. The third-order valence-corrected chi connectivity index (χ3v) is 7.57. The summed E-state index contributed by atoms with van der Waals surface area (Å²) in [6, 6.07) is 0.944. The Kier molecular flexibility index (Phi) is 17.5. The molecule has 0 radical (unpaired) electrons. The maximum Gasteiger partial charge on any atom is 0.500 e. The van der Waals surface area contributed by atoms with Crippen molar-refractivity contribution >= 4 is 8.80 Å². The van der Waals surface area contributed by atoms with Crippen LogP contribution in [0.2, 0.25) is 6.04 Å². The van der Waals surface area contributed by atoms with Crippen molar-refractivity contribution in [2.75, 3.05) is 20.8 Å². The SMILES string of the molecule is C=CCCCCCCCCCCCCCC[Si](OC)(OC)OCC. The Morgan fingerprint density at radius 2 is 1.12 bits per heavy atom. The molecule has 0 spiro atoms. The van der Waals surface area contributed by atoms with Crippen molar-refractivity contribution in [3.8, 4) is 0 Å². The first-order chi connectivity index (χ1) is 11.7. The minimum Gasteiger partial charge on any atom is -0.377 e. The highest BCUT2D eigenvalue weighted by Gasteiger charge is 2.37. The van der Waals surface area contributed by atoms with E-state index in [1.54, 1.807) is 14.2 Å². The number of unbranched alkanes of at least 4 members (excludes halogenated alkanes) is 12. The maximum absolute atomic E-state index is 5.73. The third kappa shape index (κ3) is 13.2. The molecule has 24 heavy (non-hydrogen) atoms. The molecule has 0 fully saturated rings. The molecule has 0 bridgehead atoms. The van der Waals surface area contributed by atoms with Gasteiger partial charge in [-0.25, -0.2) is 0 Å². The molecule has 0 N–H and O–H groups in total. The van der Waals surface area contributed by atoms with Crippen LogP contribution in [0.1, 0.15) is 90.4 Å². The molecule has 0 aromatic heterocycles. The first-order valence-electron chi connectivity index (χ1n) is 10.1. The van der Waals surface area contributed by atoms with Crippen LogP contribution < -0.4 is 0 Å². The molecule has 0 saturated carbocycles. The van der Waals surface area contributed by atoms with Crippen LogP contribution in [0.5, 0.6) is 0 Å². The molecule has 0 aliphatic carbocycles. The van der Waals surface area contributed by atoms with Gasteiger partial charge < -0.3 is 13.3 Å². The zero-order valence-electron chi connectivity index (χ0n) is 16.6. The fourth-order valence-electron chi connectivity index (χ4n) is 3.10. The lowest BCUT2D eigenvalue weighted by Gasteiger charge is -2.25. The van der Waals surface area contributed by atoms with Crippen molar-refractivity contribution < 1.29 is 13.3 Å². The molecule has 0 rings (SSSR count). The largest absolute Gasteiger partial charge is 0.500 e. The molecule has 0 unspecified atom stereocenters. The molecule has 0 aromatic rings. The van der Waals surface area contributed by atoms with Gasteiger partial charge in [-0.15, -0.1) is 6.58 Å². The molecular formula is C20H42O3Si. The number of allylic oxidation sites excluding steroid dienone is 1. The van der Waals surface area contributed by atoms with Crippen LogP contribution in [0.4, 0.5) is 0 Å². The van der Waals surface area contributed by atoms with Gasteiger partial charge in [-0.3, -0.25) is 0 Å². The van der Waals surface area contributed by atoms with Crippen LogP contribution in [0.15, 0.2) is 12.7 Å². The lowest BCUT2D eigenvalue weighted by atomic mass is 10.0. The summed E-state index contributed by atoms with van der Waals surface area (Å²) < 4.78 is 16.8. The molecule has 0 amide bonds. The number of rotatable bonds is 19. The molecule has 144 valence electrons. The van der Waals surface area contributed by atoms with E-state index in [9.17, 15) is 0 Å². The standard InChI is InChI=1S/C20H42O3Si/c1-5-7-8-9-10-11-12-13-14-15-16-17-18-19-20-24(21-3,22-4)23-6-2/h5H,1,6-20H2,2-4H3. The van der Waals surface area contributed by atoms with E-state index in [0.717, 1.165) is 12.5 Å². The highest BCUT2D eigenvalue weighted by atomic mass is 28.4. The van der Waals surface area contributed by atoms with E-state index in [0.29, 0.717) is 6.61 Å². The van der Waals surface area contributed by atoms with Gasteiger partial charge in [-0.05, 0) is 26.2 Å². The van der Waals surface area contributed by atoms with E-state index in [-0.39, 0.29) is 0 Å². The van der Waals surface area contributed by atoms with Crippen molar-refractivity contribution in [1.82, 2.24) is 0 Å². The van der Waals surface area contributed by atoms with E-state index in [1.165, 1.54) is 77.0 Å². The van der Waals surface area contributed by atoms with Crippen LogP contribution in [-0.4, -0.2) is 29.6 Å². The van der Waals surface area contributed by atoms with Crippen molar-refractivity contribution in [3.63, 3.8) is 0 Å². The molecule has 0 saturated heterocycles. The van der Waals surface area contributed by atoms with Gasteiger partial charge in [0.2, 0.25) is 0 Å². The average Bonchev–Trinajstić information content (AvgIpc) is 2.61. The van der Waals surface area contributed by atoms with E-state index >= 15 is 0 Å². The van der Waals surface area contributed by atoms with Crippen molar-refractivity contribution in [2.24, 2.45) is 0 Å².